The Morgan fingerprint density at radius 3 is 3.26 bits per heavy atom. The number of esters is 1. The van der Waals surface area contributed by atoms with Crippen LogP contribution in [0.3, 0.4) is 0 Å². The molecule has 0 atom stereocenters. The highest BCUT2D eigenvalue weighted by atomic mass is 35.5. The molecule has 0 amide bonds. The summed E-state index contributed by atoms with van der Waals surface area (Å²) in [6, 6.07) is 0. The zero-order chi connectivity index (χ0) is 13.4. The van der Waals surface area contributed by atoms with E-state index in [-0.39, 0.29) is 0 Å². The molecule has 0 spiro atoms. The van der Waals surface area contributed by atoms with Gasteiger partial charge in [-0.3, -0.25) is 0 Å². The highest BCUT2D eigenvalue weighted by Gasteiger charge is 2.24. The molecule has 0 aliphatic carbocycles. The van der Waals surface area contributed by atoms with Crippen molar-refractivity contribution in [2.75, 3.05) is 13.2 Å². The molecule has 19 heavy (non-hydrogen) atoms. The second-order valence-corrected chi connectivity index (χ2v) is 5.44. The van der Waals surface area contributed by atoms with Crippen molar-refractivity contribution in [3.05, 3.63) is 21.8 Å². The summed E-state index contributed by atoms with van der Waals surface area (Å²) in [7, 11) is 0. The lowest BCUT2D eigenvalue weighted by atomic mass is 10.0. The Morgan fingerprint density at radius 1 is 1.63 bits per heavy atom. The Labute approximate surface area is 119 Å². The smallest absolute Gasteiger partial charge is 0.357 e. The van der Waals surface area contributed by atoms with Crippen LogP contribution in [-0.2, 0) is 11.2 Å². The van der Waals surface area contributed by atoms with Crippen LogP contribution in [0.25, 0.3) is 10.1 Å². The number of aryl methyl sites for hydroxylation is 1. The number of carbonyl (C=O) groups excluding carboxylic acids is 1. The highest BCUT2D eigenvalue weighted by Crippen LogP contribution is 2.41. The number of thiophene rings is 1. The number of nitrogens with zero attached hydrogens (tertiary/aromatic N) is 1. The summed E-state index contributed by atoms with van der Waals surface area (Å²) in [6.45, 7) is 2.73. The largest absolute Gasteiger partial charge is 0.492 e. The van der Waals surface area contributed by atoms with Crippen molar-refractivity contribution < 1.29 is 14.3 Å². The fraction of sp³-hybridized carbons (Fsp3) is 0.385. The zero-order valence-corrected chi connectivity index (χ0v) is 11.9. The number of ether oxygens (including phenoxy) is 2. The number of hydrogen-bond donors (Lipinski definition) is 0. The summed E-state index contributed by atoms with van der Waals surface area (Å²) < 4.78 is 11.6. The molecule has 1 aliphatic rings. The number of halogens is 1. The molecular formula is C13H12ClNO3S. The normalized spacial score (nSPS) is 14.0. The summed E-state index contributed by atoms with van der Waals surface area (Å²) in [5, 5.41) is 3.18. The van der Waals surface area contributed by atoms with Gasteiger partial charge in [0.05, 0.1) is 17.9 Å². The van der Waals surface area contributed by atoms with E-state index in [4.69, 9.17) is 21.1 Å². The molecule has 2 aromatic rings. The molecule has 3 heterocycles. The zero-order valence-electron chi connectivity index (χ0n) is 10.4. The van der Waals surface area contributed by atoms with Gasteiger partial charge in [-0.2, -0.15) is 0 Å². The molecule has 0 saturated heterocycles. The minimum Gasteiger partial charge on any atom is -0.492 e. The maximum Gasteiger partial charge on any atom is 0.357 e. The molecule has 0 radical (unpaired) electrons. The van der Waals surface area contributed by atoms with Crippen LogP contribution in [0.2, 0.25) is 5.15 Å². The Bertz CT molecular complexity index is 653. The maximum atomic E-state index is 12.0. The fourth-order valence-electron chi connectivity index (χ4n) is 2.26. The van der Waals surface area contributed by atoms with Crippen molar-refractivity contribution in [1.29, 1.82) is 0 Å². The Hall–Kier alpha value is -1.33. The van der Waals surface area contributed by atoms with Crippen molar-refractivity contribution in [2.45, 2.75) is 19.8 Å². The van der Waals surface area contributed by atoms with Crippen molar-refractivity contribution in [2.24, 2.45) is 0 Å². The molecular weight excluding hydrogens is 286 g/mol. The van der Waals surface area contributed by atoms with Crippen LogP contribution in [0.1, 0.15) is 29.4 Å². The third-order valence-corrected chi connectivity index (χ3v) is 4.39. The Balaban J connectivity index is 2.27. The molecule has 2 aromatic heterocycles. The molecule has 3 rings (SSSR count). The summed E-state index contributed by atoms with van der Waals surface area (Å²) in [5.74, 6) is 0.377. The number of hydrogen-bond acceptors (Lipinski definition) is 5. The van der Waals surface area contributed by atoms with Crippen LogP contribution in [0.5, 0.6) is 5.75 Å². The molecule has 100 valence electrons. The third kappa shape index (κ3) is 2.07. The molecule has 0 bridgehead atoms. The van der Waals surface area contributed by atoms with Crippen LogP contribution >= 0.6 is 22.9 Å². The van der Waals surface area contributed by atoms with Crippen molar-refractivity contribution in [3.63, 3.8) is 0 Å². The molecule has 0 unspecified atom stereocenters. The van der Waals surface area contributed by atoms with E-state index < -0.39 is 5.97 Å². The first-order valence-corrected chi connectivity index (χ1v) is 7.37. The van der Waals surface area contributed by atoms with E-state index in [0.717, 1.165) is 34.2 Å². The monoisotopic (exact) mass is 297 g/mol. The van der Waals surface area contributed by atoms with Crippen LogP contribution in [0.15, 0.2) is 5.38 Å². The quantitative estimate of drug-likeness (QED) is 0.629. The van der Waals surface area contributed by atoms with Gasteiger partial charge in [-0.25, -0.2) is 9.78 Å². The molecule has 6 heteroatoms. The summed E-state index contributed by atoms with van der Waals surface area (Å²) in [5.41, 5.74) is 1.22. The van der Waals surface area contributed by atoms with Gasteiger partial charge in [-0.05, 0) is 25.3 Å². The van der Waals surface area contributed by atoms with E-state index in [0.29, 0.717) is 24.1 Å². The minimum atomic E-state index is -0.416. The SMILES string of the molecule is CCOC(=O)c1nc(Cl)c2scc3c2c1CCCO3. The van der Waals surface area contributed by atoms with E-state index in [9.17, 15) is 4.79 Å². The number of rotatable bonds is 2. The lowest BCUT2D eigenvalue weighted by molar-refractivity contribution is 0.0518. The van der Waals surface area contributed by atoms with E-state index in [2.05, 4.69) is 4.98 Å². The molecule has 0 fully saturated rings. The first kappa shape index (κ1) is 12.7. The van der Waals surface area contributed by atoms with Gasteiger partial charge in [0.2, 0.25) is 0 Å². The van der Waals surface area contributed by atoms with Gasteiger partial charge < -0.3 is 9.47 Å². The first-order chi connectivity index (χ1) is 9.22. The average Bonchev–Trinajstić information content (AvgIpc) is 2.70. The van der Waals surface area contributed by atoms with Gasteiger partial charge in [-0.15, -0.1) is 11.3 Å². The van der Waals surface area contributed by atoms with Crippen LogP contribution < -0.4 is 4.74 Å². The van der Waals surface area contributed by atoms with Gasteiger partial charge in [0.1, 0.15) is 10.9 Å². The van der Waals surface area contributed by atoms with E-state index >= 15 is 0 Å². The lowest BCUT2D eigenvalue weighted by Crippen LogP contribution is -2.11. The lowest BCUT2D eigenvalue weighted by Gasteiger charge is -2.09. The van der Waals surface area contributed by atoms with E-state index in [1.54, 1.807) is 6.92 Å². The predicted octanol–water partition coefficient (Wildman–Crippen LogP) is 3.45. The standard InChI is InChI=1S/C13H12ClNO3S/c1-2-17-13(16)10-7-4-3-5-18-8-6-19-11(9(7)8)12(14)15-10/h6H,2-5H2,1H3. The molecule has 1 aliphatic heterocycles. The summed E-state index contributed by atoms with van der Waals surface area (Å²) >= 11 is 7.65. The van der Waals surface area contributed by atoms with Crippen molar-refractivity contribution >= 4 is 39.0 Å². The van der Waals surface area contributed by atoms with Gasteiger partial charge in [0.15, 0.2) is 5.69 Å². The fourth-order valence-corrected chi connectivity index (χ4v) is 3.47. The van der Waals surface area contributed by atoms with Crippen LogP contribution in [-0.4, -0.2) is 24.2 Å². The third-order valence-electron chi connectivity index (χ3n) is 3.04. The molecule has 4 nitrogen and oxygen atoms in total. The van der Waals surface area contributed by atoms with Gasteiger partial charge in [0.25, 0.3) is 0 Å². The first-order valence-electron chi connectivity index (χ1n) is 6.12. The van der Waals surface area contributed by atoms with Crippen LogP contribution in [0.4, 0.5) is 0 Å². The Morgan fingerprint density at radius 2 is 2.47 bits per heavy atom. The summed E-state index contributed by atoms with van der Waals surface area (Å²) in [4.78, 5) is 16.2. The minimum absolute atomic E-state index is 0.322. The van der Waals surface area contributed by atoms with E-state index in [1.807, 2.05) is 5.38 Å². The summed E-state index contributed by atoms with van der Waals surface area (Å²) in [6.07, 6.45) is 1.60. The van der Waals surface area contributed by atoms with Crippen molar-refractivity contribution in [3.8, 4) is 5.75 Å². The molecule has 0 N–H and O–H groups in total. The second-order valence-electron chi connectivity index (χ2n) is 4.21. The Kier molecular flexibility index (Phi) is 3.33. The highest BCUT2D eigenvalue weighted by molar-refractivity contribution is 7.18. The maximum absolute atomic E-state index is 12.0. The predicted molar refractivity (Wildman–Crippen MR) is 74.4 cm³/mol. The van der Waals surface area contributed by atoms with Gasteiger partial charge in [0, 0.05) is 10.8 Å². The number of aromatic nitrogens is 1. The van der Waals surface area contributed by atoms with Gasteiger partial charge >= 0.3 is 5.97 Å². The van der Waals surface area contributed by atoms with Crippen molar-refractivity contribution in [1.82, 2.24) is 4.98 Å². The molecule has 0 aromatic carbocycles. The van der Waals surface area contributed by atoms with Crippen LogP contribution in [0, 0.1) is 0 Å². The number of carbonyl (C=O) groups is 1. The average molecular weight is 298 g/mol. The molecule has 0 saturated carbocycles. The second kappa shape index (κ2) is 4.98. The number of pyridine rings is 1. The van der Waals surface area contributed by atoms with E-state index in [1.165, 1.54) is 11.3 Å². The topological polar surface area (TPSA) is 48.4 Å². The van der Waals surface area contributed by atoms with Gasteiger partial charge in [-0.1, -0.05) is 11.6 Å².